The van der Waals surface area contributed by atoms with Crippen molar-refractivity contribution in [2.75, 3.05) is 11.9 Å². The molecule has 0 aliphatic carbocycles. The molecule has 3 rings (SSSR count). The highest BCUT2D eigenvalue weighted by atomic mass is 32.1. The Labute approximate surface area is 172 Å². The molecule has 0 unspecified atom stereocenters. The van der Waals surface area contributed by atoms with Crippen LogP contribution in [0.2, 0.25) is 0 Å². The number of esters is 1. The molecule has 1 aromatic heterocycles. The number of hydrogen-bond donors (Lipinski definition) is 1. The second-order valence-corrected chi connectivity index (χ2v) is 7.42. The first-order valence-corrected chi connectivity index (χ1v) is 9.91. The van der Waals surface area contributed by atoms with Crippen molar-refractivity contribution in [1.82, 2.24) is 0 Å². The SMILES string of the molecule is CCOC(=O)c1c(NC(=O)/C=C/c2ccc(F)cc2)sc(C)c1-c1ccccc1. The van der Waals surface area contributed by atoms with E-state index < -0.39 is 5.97 Å². The fraction of sp³-hybridized carbons (Fsp3) is 0.130. The lowest BCUT2D eigenvalue weighted by atomic mass is 10.0. The zero-order valence-corrected chi connectivity index (χ0v) is 16.9. The topological polar surface area (TPSA) is 55.4 Å². The molecule has 0 saturated carbocycles. The molecule has 0 atom stereocenters. The normalized spacial score (nSPS) is 10.9. The summed E-state index contributed by atoms with van der Waals surface area (Å²) >= 11 is 1.33. The van der Waals surface area contributed by atoms with Crippen LogP contribution >= 0.6 is 11.3 Å². The van der Waals surface area contributed by atoms with E-state index in [1.165, 1.54) is 29.5 Å². The Hall–Kier alpha value is -3.25. The Morgan fingerprint density at radius 1 is 1.10 bits per heavy atom. The van der Waals surface area contributed by atoms with Crippen molar-refractivity contribution in [1.29, 1.82) is 0 Å². The summed E-state index contributed by atoms with van der Waals surface area (Å²) in [6.45, 7) is 3.88. The Morgan fingerprint density at radius 3 is 2.45 bits per heavy atom. The van der Waals surface area contributed by atoms with Crippen molar-refractivity contribution in [2.24, 2.45) is 0 Å². The van der Waals surface area contributed by atoms with E-state index in [0.29, 0.717) is 16.1 Å². The highest BCUT2D eigenvalue weighted by Crippen LogP contribution is 2.40. The van der Waals surface area contributed by atoms with Crippen molar-refractivity contribution in [3.8, 4) is 11.1 Å². The lowest BCUT2D eigenvalue weighted by molar-refractivity contribution is -0.111. The van der Waals surface area contributed by atoms with Gasteiger partial charge < -0.3 is 10.1 Å². The monoisotopic (exact) mass is 409 g/mol. The summed E-state index contributed by atoms with van der Waals surface area (Å²) in [5.41, 5.74) is 2.68. The average Bonchev–Trinajstić information content (AvgIpc) is 3.04. The molecule has 6 heteroatoms. The Morgan fingerprint density at radius 2 is 1.79 bits per heavy atom. The molecule has 0 aliphatic heterocycles. The molecule has 1 amide bonds. The van der Waals surface area contributed by atoms with Gasteiger partial charge in [0.1, 0.15) is 16.4 Å². The van der Waals surface area contributed by atoms with Crippen molar-refractivity contribution >= 4 is 34.3 Å². The van der Waals surface area contributed by atoms with Crippen LogP contribution in [-0.4, -0.2) is 18.5 Å². The van der Waals surface area contributed by atoms with Gasteiger partial charge in [-0.1, -0.05) is 42.5 Å². The zero-order valence-electron chi connectivity index (χ0n) is 16.1. The molecule has 148 valence electrons. The highest BCUT2D eigenvalue weighted by molar-refractivity contribution is 7.17. The van der Waals surface area contributed by atoms with Crippen LogP contribution in [-0.2, 0) is 9.53 Å². The van der Waals surface area contributed by atoms with Gasteiger partial charge >= 0.3 is 5.97 Å². The van der Waals surface area contributed by atoms with Crippen LogP contribution in [0.5, 0.6) is 0 Å². The number of halogens is 1. The first kappa shape index (κ1) is 20.5. The van der Waals surface area contributed by atoms with Crippen molar-refractivity contribution in [3.63, 3.8) is 0 Å². The fourth-order valence-corrected chi connectivity index (χ4v) is 3.95. The molecule has 0 bridgehead atoms. The van der Waals surface area contributed by atoms with Gasteiger partial charge in [-0.25, -0.2) is 9.18 Å². The summed E-state index contributed by atoms with van der Waals surface area (Å²) in [7, 11) is 0. The minimum Gasteiger partial charge on any atom is -0.462 e. The summed E-state index contributed by atoms with van der Waals surface area (Å²) in [6.07, 6.45) is 2.93. The van der Waals surface area contributed by atoms with Crippen LogP contribution in [0, 0.1) is 12.7 Å². The quantitative estimate of drug-likeness (QED) is 0.420. The molecular formula is C23H20FNO3S. The van der Waals surface area contributed by atoms with Gasteiger partial charge in [0.05, 0.1) is 6.61 Å². The number of carbonyl (C=O) groups excluding carboxylic acids is 2. The Kier molecular flexibility index (Phi) is 6.57. The predicted molar refractivity (Wildman–Crippen MR) is 115 cm³/mol. The second kappa shape index (κ2) is 9.30. The van der Waals surface area contributed by atoms with Crippen molar-refractivity contribution in [3.05, 3.63) is 82.5 Å². The molecule has 0 fully saturated rings. The van der Waals surface area contributed by atoms with Crippen LogP contribution in [0.3, 0.4) is 0 Å². The summed E-state index contributed by atoms with van der Waals surface area (Å²) in [4.78, 5) is 26.0. The van der Waals surface area contributed by atoms with E-state index in [0.717, 1.165) is 16.0 Å². The largest absolute Gasteiger partial charge is 0.462 e. The van der Waals surface area contributed by atoms with E-state index in [9.17, 15) is 14.0 Å². The van der Waals surface area contributed by atoms with Gasteiger partial charge in [0, 0.05) is 16.5 Å². The van der Waals surface area contributed by atoms with Gasteiger partial charge in [-0.15, -0.1) is 11.3 Å². The number of aryl methyl sites for hydroxylation is 1. The van der Waals surface area contributed by atoms with Crippen molar-refractivity contribution in [2.45, 2.75) is 13.8 Å². The zero-order chi connectivity index (χ0) is 20.8. The molecule has 0 aliphatic rings. The number of amides is 1. The van der Waals surface area contributed by atoms with Gasteiger partial charge in [-0.2, -0.15) is 0 Å². The van der Waals surface area contributed by atoms with Gasteiger partial charge in [0.25, 0.3) is 0 Å². The Bertz CT molecular complexity index is 1040. The van der Waals surface area contributed by atoms with E-state index >= 15 is 0 Å². The van der Waals surface area contributed by atoms with Gasteiger partial charge in [0.2, 0.25) is 5.91 Å². The maximum Gasteiger partial charge on any atom is 0.341 e. The second-order valence-electron chi connectivity index (χ2n) is 6.20. The smallest absolute Gasteiger partial charge is 0.341 e. The van der Waals surface area contributed by atoms with Gasteiger partial charge in [0.15, 0.2) is 0 Å². The summed E-state index contributed by atoms with van der Waals surface area (Å²) in [5.74, 6) is -1.21. The third-order valence-electron chi connectivity index (χ3n) is 4.16. The molecule has 3 aromatic rings. The molecule has 29 heavy (non-hydrogen) atoms. The van der Waals surface area contributed by atoms with E-state index in [2.05, 4.69) is 5.32 Å². The summed E-state index contributed by atoms with van der Waals surface area (Å²) in [6, 6.07) is 15.3. The molecule has 1 N–H and O–H groups in total. The lowest BCUT2D eigenvalue weighted by Crippen LogP contribution is -2.12. The van der Waals surface area contributed by atoms with E-state index in [-0.39, 0.29) is 18.3 Å². The number of ether oxygens (including phenoxy) is 1. The Balaban J connectivity index is 1.91. The van der Waals surface area contributed by atoms with Crippen LogP contribution in [0.4, 0.5) is 9.39 Å². The van der Waals surface area contributed by atoms with E-state index in [4.69, 9.17) is 4.74 Å². The molecule has 2 aromatic carbocycles. The lowest BCUT2D eigenvalue weighted by Gasteiger charge is -2.08. The third-order valence-corrected chi connectivity index (χ3v) is 5.18. The van der Waals surface area contributed by atoms with Crippen LogP contribution in [0.15, 0.2) is 60.7 Å². The van der Waals surface area contributed by atoms with Crippen LogP contribution in [0.25, 0.3) is 17.2 Å². The molecule has 1 heterocycles. The highest BCUT2D eigenvalue weighted by Gasteiger charge is 2.25. The maximum absolute atomic E-state index is 13.0. The maximum atomic E-state index is 13.0. The first-order valence-electron chi connectivity index (χ1n) is 9.10. The molecule has 4 nitrogen and oxygen atoms in total. The summed E-state index contributed by atoms with van der Waals surface area (Å²) < 4.78 is 18.2. The minimum atomic E-state index is -0.478. The van der Waals surface area contributed by atoms with E-state index in [1.807, 2.05) is 37.3 Å². The number of carbonyl (C=O) groups is 2. The predicted octanol–water partition coefficient (Wildman–Crippen LogP) is 5.69. The molecule has 0 spiro atoms. The molecule has 0 radical (unpaired) electrons. The number of hydrogen-bond acceptors (Lipinski definition) is 4. The summed E-state index contributed by atoms with van der Waals surface area (Å²) in [5, 5.41) is 3.22. The number of thiophene rings is 1. The standard InChI is InChI=1S/C23H20FNO3S/c1-3-28-23(27)21-20(17-7-5-4-6-8-17)15(2)29-22(21)25-19(26)14-11-16-9-12-18(24)13-10-16/h4-14H,3H2,1-2H3,(H,25,26)/b14-11+. The first-order chi connectivity index (χ1) is 14.0. The number of anilines is 1. The number of benzene rings is 2. The van der Waals surface area contributed by atoms with Gasteiger partial charge in [-0.05, 0) is 43.2 Å². The average molecular weight is 409 g/mol. The van der Waals surface area contributed by atoms with Crippen LogP contribution in [0.1, 0.15) is 27.7 Å². The minimum absolute atomic E-state index is 0.236. The fourth-order valence-electron chi connectivity index (χ4n) is 2.88. The molecule has 0 saturated heterocycles. The van der Waals surface area contributed by atoms with E-state index in [1.54, 1.807) is 25.1 Å². The van der Waals surface area contributed by atoms with Crippen LogP contribution < -0.4 is 5.32 Å². The number of rotatable bonds is 6. The van der Waals surface area contributed by atoms with Gasteiger partial charge in [-0.3, -0.25) is 4.79 Å². The molecular weight excluding hydrogens is 389 g/mol. The van der Waals surface area contributed by atoms with Crippen molar-refractivity contribution < 1.29 is 18.7 Å². The number of nitrogens with one attached hydrogen (secondary N) is 1. The third kappa shape index (κ3) is 4.97.